The lowest BCUT2D eigenvalue weighted by atomic mass is 9.66. The van der Waals surface area contributed by atoms with Gasteiger partial charge in [-0.1, -0.05) is 78.4 Å². The summed E-state index contributed by atoms with van der Waals surface area (Å²) in [5, 5.41) is 0. The maximum Gasteiger partial charge on any atom is -0.00206 e. The van der Waals surface area contributed by atoms with E-state index in [1.54, 1.807) is 5.57 Å². The Labute approximate surface area is 128 Å². The third-order valence-corrected chi connectivity index (χ3v) is 5.23. The first kappa shape index (κ1) is 19.7. The van der Waals surface area contributed by atoms with Crippen LogP contribution in [0.15, 0.2) is 11.6 Å². The van der Waals surface area contributed by atoms with Gasteiger partial charge in [-0.2, -0.15) is 0 Å². The molecule has 0 radical (unpaired) electrons. The Bertz CT molecular complexity index is 273. The molecule has 0 unspecified atom stereocenters. The fourth-order valence-electron chi connectivity index (χ4n) is 2.27. The Morgan fingerprint density at radius 1 is 0.900 bits per heavy atom. The Morgan fingerprint density at radius 3 is 2.00 bits per heavy atom. The standard InChI is InChI=1S/C19H39N/c1-7-8-9-10-11-12-13-17(2)14-15-18(3,4)19(5,6)16-20/h14H,7-13,15-16,20H2,1-6H3/b17-14-. The van der Waals surface area contributed by atoms with E-state index in [0.717, 1.165) is 13.0 Å². The minimum absolute atomic E-state index is 0.198. The van der Waals surface area contributed by atoms with Crippen molar-refractivity contribution in [2.75, 3.05) is 6.54 Å². The van der Waals surface area contributed by atoms with Crippen LogP contribution in [0.3, 0.4) is 0 Å². The molecule has 2 N–H and O–H groups in total. The van der Waals surface area contributed by atoms with Crippen LogP contribution in [0.4, 0.5) is 0 Å². The highest BCUT2D eigenvalue weighted by molar-refractivity contribution is 5.02. The fourth-order valence-corrected chi connectivity index (χ4v) is 2.27. The highest BCUT2D eigenvalue weighted by Crippen LogP contribution is 2.41. The summed E-state index contributed by atoms with van der Waals surface area (Å²) in [7, 11) is 0. The van der Waals surface area contributed by atoms with Gasteiger partial charge in [0.05, 0.1) is 0 Å². The summed E-state index contributed by atoms with van der Waals surface area (Å²) >= 11 is 0. The van der Waals surface area contributed by atoms with Crippen molar-refractivity contribution in [3.05, 3.63) is 11.6 Å². The van der Waals surface area contributed by atoms with E-state index >= 15 is 0 Å². The van der Waals surface area contributed by atoms with E-state index < -0.39 is 0 Å². The second-order valence-corrected chi connectivity index (χ2v) is 7.74. The number of allylic oxidation sites excluding steroid dienone is 2. The van der Waals surface area contributed by atoms with E-state index in [-0.39, 0.29) is 10.8 Å². The van der Waals surface area contributed by atoms with Crippen LogP contribution in [0.1, 0.15) is 92.9 Å². The lowest BCUT2D eigenvalue weighted by Crippen LogP contribution is -2.38. The molecule has 0 aliphatic heterocycles. The average Bonchev–Trinajstić information content (AvgIpc) is 2.40. The smallest absolute Gasteiger partial charge is 0.00206 e. The molecule has 0 aromatic heterocycles. The predicted octanol–water partition coefficient (Wildman–Crippen LogP) is 6.08. The fraction of sp³-hybridized carbons (Fsp3) is 0.895. The molecule has 0 aromatic carbocycles. The molecule has 1 nitrogen and oxygen atoms in total. The van der Waals surface area contributed by atoms with Crippen LogP contribution in [0.25, 0.3) is 0 Å². The van der Waals surface area contributed by atoms with Gasteiger partial charge in [0.1, 0.15) is 0 Å². The topological polar surface area (TPSA) is 26.0 Å². The third-order valence-electron chi connectivity index (χ3n) is 5.23. The van der Waals surface area contributed by atoms with E-state index in [2.05, 4.69) is 47.6 Å². The quantitative estimate of drug-likeness (QED) is 0.360. The lowest BCUT2D eigenvalue weighted by molar-refractivity contribution is 0.122. The number of hydrogen-bond acceptors (Lipinski definition) is 1. The Hall–Kier alpha value is -0.300. The Morgan fingerprint density at radius 2 is 1.45 bits per heavy atom. The van der Waals surface area contributed by atoms with Gasteiger partial charge in [0.2, 0.25) is 0 Å². The number of rotatable bonds is 11. The molecule has 0 saturated heterocycles. The van der Waals surface area contributed by atoms with Crippen LogP contribution >= 0.6 is 0 Å². The first-order chi connectivity index (χ1) is 9.27. The van der Waals surface area contributed by atoms with Crippen LogP contribution in [0, 0.1) is 10.8 Å². The van der Waals surface area contributed by atoms with Crippen molar-refractivity contribution in [1.82, 2.24) is 0 Å². The van der Waals surface area contributed by atoms with Gasteiger partial charge in [0.25, 0.3) is 0 Å². The molecule has 0 bridgehead atoms. The largest absolute Gasteiger partial charge is 0.330 e. The molecule has 1 heteroatoms. The average molecular weight is 282 g/mol. The summed E-state index contributed by atoms with van der Waals surface area (Å²) in [5.41, 5.74) is 7.94. The molecule has 0 fully saturated rings. The summed E-state index contributed by atoms with van der Waals surface area (Å²) in [6.07, 6.45) is 13.2. The van der Waals surface area contributed by atoms with Gasteiger partial charge in [-0.15, -0.1) is 0 Å². The zero-order chi connectivity index (χ0) is 15.6. The SMILES string of the molecule is CCCCCCCC/C(C)=C\CC(C)(C)C(C)(C)CN. The van der Waals surface area contributed by atoms with E-state index in [1.807, 2.05) is 0 Å². The second kappa shape index (κ2) is 9.60. The molecular weight excluding hydrogens is 242 g/mol. The molecule has 0 amide bonds. The van der Waals surface area contributed by atoms with Crippen LogP contribution < -0.4 is 5.73 Å². The molecule has 0 aliphatic carbocycles. The molecule has 0 spiro atoms. The molecule has 0 saturated carbocycles. The second-order valence-electron chi connectivity index (χ2n) is 7.74. The first-order valence-corrected chi connectivity index (χ1v) is 8.62. The summed E-state index contributed by atoms with van der Waals surface area (Å²) in [5.74, 6) is 0. The van der Waals surface area contributed by atoms with Gasteiger partial charge in [0, 0.05) is 0 Å². The van der Waals surface area contributed by atoms with E-state index in [9.17, 15) is 0 Å². The summed E-state index contributed by atoms with van der Waals surface area (Å²) in [6.45, 7) is 14.6. The highest BCUT2D eigenvalue weighted by atomic mass is 14.6. The first-order valence-electron chi connectivity index (χ1n) is 8.62. The van der Waals surface area contributed by atoms with Crippen molar-refractivity contribution in [2.24, 2.45) is 16.6 Å². The number of nitrogens with two attached hydrogens (primary N) is 1. The monoisotopic (exact) mass is 281 g/mol. The minimum atomic E-state index is 0.198. The maximum atomic E-state index is 5.92. The lowest BCUT2D eigenvalue weighted by Gasteiger charge is -2.40. The number of unbranched alkanes of at least 4 members (excludes halogenated alkanes) is 5. The van der Waals surface area contributed by atoms with Crippen LogP contribution in [-0.2, 0) is 0 Å². The van der Waals surface area contributed by atoms with Crippen molar-refractivity contribution in [3.8, 4) is 0 Å². The van der Waals surface area contributed by atoms with Crippen molar-refractivity contribution in [3.63, 3.8) is 0 Å². The molecule has 0 aromatic rings. The molecule has 0 atom stereocenters. The van der Waals surface area contributed by atoms with E-state index in [4.69, 9.17) is 5.73 Å². The predicted molar refractivity (Wildman–Crippen MR) is 93.0 cm³/mol. The van der Waals surface area contributed by atoms with Gasteiger partial charge >= 0.3 is 0 Å². The van der Waals surface area contributed by atoms with Gasteiger partial charge in [-0.05, 0) is 43.6 Å². The normalized spacial score (nSPS) is 13.8. The molecule has 0 rings (SSSR count). The molecular formula is C19H39N. The third kappa shape index (κ3) is 7.47. The van der Waals surface area contributed by atoms with Gasteiger partial charge in [-0.25, -0.2) is 0 Å². The van der Waals surface area contributed by atoms with E-state index in [0.29, 0.717) is 0 Å². The van der Waals surface area contributed by atoms with Crippen LogP contribution in [-0.4, -0.2) is 6.54 Å². The summed E-state index contributed by atoms with van der Waals surface area (Å²) < 4.78 is 0. The van der Waals surface area contributed by atoms with Gasteiger partial charge in [-0.3, -0.25) is 0 Å². The van der Waals surface area contributed by atoms with Crippen molar-refractivity contribution >= 4 is 0 Å². The van der Waals surface area contributed by atoms with Gasteiger partial charge < -0.3 is 5.73 Å². The Kier molecular flexibility index (Phi) is 9.46. The highest BCUT2D eigenvalue weighted by Gasteiger charge is 2.34. The molecule has 0 aliphatic rings. The maximum absolute atomic E-state index is 5.92. The molecule has 120 valence electrons. The summed E-state index contributed by atoms with van der Waals surface area (Å²) in [4.78, 5) is 0. The van der Waals surface area contributed by atoms with Gasteiger partial charge in [0.15, 0.2) is 0 Å². The molecule has 0 heterocycles. The van der Waals surface area contributed by atoms with Crippen molar-refractivity contribution < 1.29 is 0 Å². The van der Waals surface area contributed by atoms with Crippen molar-refractivity contribution in [2.45, 2.75) is 92.9 Å². The minimum Gasteiger partial charge on any atom is -0.330 e. The van der Waals surface area contributed by atoms with Crippen LogP contribution in [0.2, 0.25) is 0 Å². The zero-order valence-electron chi connectivity index (χ0n) is 15.0. The van der Waals surface area contributed by atoms with E-state index in [1.165, 1.54) is 44.9 Å². The zero-order valence-corrected chi connectivity index (χ0v) is 15.0. The summed E-state index contributed by atoms with van der Waals surface area (Å²) in [6, 6.07) is 0. The molecule has 20 heavy (non-hydrogen) atoms. The van der Waals surface area contributed by atoms with Crippen molar-refractivity contribution in [1.29, 1.82) is 0 Å². The Balaban J connectivity index is 4.01. The van der Waals surface area contributed by atoms with Crippen LogP contribution in [0.5, 0.6) is 0 Å². The number of hydrogen-bond donors (Lipinski definition) is 1.